The summed E-state index contributed by atoms with van der Waals surface area (Å²) in [7, 11) is 0. The van der Waals surface area contributed by atoms with E-state index in [9.17, 15) is 0 Å². The Morgan fingerprint density at radius 3 is 2.46 bits per heavy atom. The standard InChI is InChI=1S/C22H29N3O/c1-3-18-8-10-19(11-9-18)25-21(23)24-16-22(12-14-26-15-13-22)20-7-5-4-6-17(20)2/h4-11H,3,12-16H2,1-2H3,(H3,23,24,25). The van der Waals surface area contributed by atoms with Gasteiger partial charge in [-0.3, -0.25) is 4.99 Å². The van der Waals surface area contributed by atoms with Gasteiger partial charge < -0.3 is 15.8 Å². The molecule has 2 aromatic carbocycles. The number of guanidine groups is 1. The van der Waals surface area contributed by atoms with E-state index in [4.69, 9.17) is 15.5 Å². The number of ether oxygens (including phenoxy) is 1. The summed E-state index contributed by atoms with van der Waals surface area (Å²) < 4.78 is 5.62. The van der Waals surface area contributed by atoms with E-state index in [-0.39, 0.29) is 5.41 Å². The SMILES string of the molecule is CCc1ccc(NC(N)=NCC2(c3ccccc3C)CCOCC2)cc1. The van der Waals surface area contributed by atoms with Crippen LogP contribution in [0.4, 0.5) is 5.69 Å². The smallest absolute Gasteiger partial charge is 0.193 e. The topological polar surface area (TPSA) is 59.6 Å². The zero-order valence-electron chi connectivity index (χ0n) is 15.8. The predicted molar refractivity (Wildman–Crippen MR) is 109 cm³/mol. The van der Waals surface area contributed by atoms with Crippen LogP contribution in [0.15, 0.2) is 53.5 Å². The van der Waals surface area contributed by atoms with Crippen LogP contribution in [0.1, 0.15) is 36.5 Å². The van der Waals surface area contributed by atoms with Gasteiger partial charge in [0.05, 0.1) is 6.54 Å². The molecule has 0 aromatic heterocycles. The van der Waals surface area contributed by atoms with E-state index in [0.717, 1.165) is 38.2 Å². The van der Waals surface area contributed by atoms with Gasteiger partial charge in [-0.05, 0) is 55.0 Å². The number of anilines is 1. The van der Waals surface area contributed by atoms with E-state index >= 15 is 0 Å². The second kappa shape index (κ2) is 8.37. The van der Waals surface area contributed by atoms with Crippen molar-refractivity contribution in [3.63, 3.8) is 0 Å². The first-order chi connectivity index (χ1) is 12.6. The quantitative estimate of drug-likeness (QED) is 0.631. The van der Waals surface area contributed by atoms with Crippen molar-refractivity contribution >= 4 is 11.6 Å². The summed E-state index contributed by atoms with van der Waals surface area (Å²) in [5.74, 6) is 0.466. The Labute approximate surface area is 156 Å². The van der Waals surface area contributed by atoms with Gasteiger partial charge in [0.1, 0.15) is 0 Å². The first-order valence-corrected chi connectivity index (χ1v) is 9.43. The van der Waals surface area contributed by atoms with Crippen molar-refractivity contribution in [1.82, 2.24) is 0 Å². The summed E-state index contributed by atoms with van der Waals surface area (Å²) in [6.07, 6.45) is 2.98. The molecule has 1 aliphatic heterocycles. The van der Waals surface area contributed by atoms with Crippen LogP contribution in [-0.4, -0.2) is 25.7 Å². The fraction of sp³-hybridized carbons (Fsp3) is 0.409. The Morgan fingerprint density at radius 1 is 1.12 bits per heavy atom. The fourth-order valence-corrected chi connectivity index (χ4v) is 3.69. The van der Waals surface area contributed by atoms with Gasteiger partial charge in [-0.15, -0.1) is 0 Å². The number of rotatable bonds is 5. The molecule has 0 radical (unpaired) electrons. The minimum Gasteiger partial charge on any atom is -0.381 e. The molecule has 3 N–H and O–H groups in total. The largest absolute Gasteiger partial charge is 0.381 e. The molecule has 4 heteroatoms. The van der Waals surface area contributed by atoms with E-state index in [1.807, 2.05) is 12.1 Å². The van der Waals surface area contributed by atoms with E-state index in [2.05, 4.69) is 55.6 Å². The molecule has 0 aliphatic carbocycles. The van der Waals surface area contributed by atoms with Gasteiger partial charge >= 0.3 is 0 Å². The summed E-state index contributed by atoms with van der Waals surface area (Å²) in [4.78, 5) is 4.70. The molecule has 0 atom stereocenters. The van der Waals surface area contributed by atoms with Crippen LogP contribution in [-0.2, 0) is 16.6 Å². The van der Waals surface area contributed by atoms with Gasteiger partial charge in [0.15, 0.2) is 5.96 Å². The van der Waals surface area contributed by atoms with Crippen molar-refractivity contribution < 1.29 is 4.74 Å². The first-order valence-electron chi connectivity index (χ1n) is 9.43. The lowest BCUT2D eigenvalue weighted by Gasteiger charge is -2.37. The normalized spacial score (nSPS) is 17.1. The number of benzene rings is 2. The van der Waals surface area contributed by atoms with Gasteiger partial charge in [-0.2, -0.15) is 0 Å². The fourth-order valence-electron chi connectivity index (χ4n) is 3.69. The molecule has 138 valence electrons. The third-order valence-electron chi connectivity index (χ3n) is 5.35. The highest BCUT2D eigenvalue weighted by Gasteiger charge is 2.35. The molecule has 3 rings (SSSR count). The summed E-state index contributed by atoms with van der Waals surface area (Å²) in [5, 5.41) is 3.21. The molecule has 0 spiro atoms. The average Bonchev–Trinajstić information content (AvgIpc) is 2.68. The number of nitrogens with zero attached hydrogens (tertiary/aromatic N) is 1. The highest BCUT2D eigenvalue weighted by atomic mass is 16.5. The van der Waals surface area contributed by atoms with Crippen LogP contribution in [0.5, 0.6) is 0 Å². The molecule has 1 aliphatic rings. The zero-order chi connectivity index (χ0) is 18.4. The molecule has 0 unspecified atom stereocenters. The molecule has 26 heavy (non-hydrogen) atoms. The van der Waals surface area contributed by atoms with Crippen LogP contribution < -0.4 is 11.1 Å². The number of hydrogen-bond donors (Lipinski definition) is 2. The van der Waals surface area contributed by atoms with Crippen LogP contribution in [0, 0.1) is 6.92 Å². The average molecular weight is 351 g/mol. The van der Waals surface area contributed by atoms with E-state index < -0.39 is 0 Å². The number of aliphatic imine (C=N–C) groups is 1. The molecule has 1 saturated heterocycles. The molecular weight excluding hydrogens is 322 g/mol. The number of hydrogen-bond acceptors (Lipinski definition) is 2. The Bertz CT molecular complexity index is 746. The van der Waals surface area contributed by atoms with Gasteiger partial charge in [0.25, 0.3) is 0 Å². The van der Waals surface area contributed by atoms with Gasteiger partial charge in [-0.25, -0.2) is 0 Å². The van der Waals surface area contributed by atoms with Crippen molar-refractivity contribution in [3.05, 3.63) is 65.2 Å². The van der Waals surface area contributed by atoms with E-state index in [1.54, 1.807) is 0 Å². The third kappa shape index (κ3) is 4.25. The highest BCUT2D eigenvalue weighted by molar-refractivity contribution is 5.92. The lowest BCUT2D eigenvalue weighted by Crippen LogP contribution is -2.38. The molecule has 1 fully saturated rings. The maximum Gasteiger partial charge on any atom is 0.193 e. The second-order valence-corrected chi connectivity index (χ2v) is 7.08. The maximum absolute atomic E-state index is 6.18. The molecule has 0 saturated carbocycles. The number of nitrogens with two attached hydrogens (primary N) is 1. The molecule has 0 bridgehead atoms. The number of aryl methyl sites for hydroxylation is 2. The van der Waals surface area contributed by atoms with Crippen molar-refractivity contribution in [2.45, 2.75) is 38.5 Å². The van der Waals surface area contributed by atoms with Crippen molar-refractivity contribution in [2.75, 3.05) is 25.1 Å². The summed E-state index contributed by atoms with van der Waals surface area (Å²) in [6.45, 7) is 6.54. The van der Waals surface area contributed by atoms with E-state index in [0.29, 0.717) is 12.5 Å². The molecule has 2 aromatic rings. The number of nitrogens with one attached hydrogen (secondary N) is 1. The maximum atomic E-state index is 6.18. The van der Waals surface area contributed by atoms with E-state index in [1.165, 1.54) is 16.7 Å². The minimum atomic E-state index is 0.00195. The lowest BCUT2D eigenvalue weighted by atomic mass is 9.72. The van der Waals surface area contributed by atoms with Gasteiger partial charge in [0.2, 0.25) is 0 Å². The minimum absolute atomic E-state index is 0.00195. The Kier molecular flexibility index (Phi) is 5.94. The predicted octanol–water partition coefficient (Wildman–Crippen LogP) is 4.03. The zero-order valence-corrected chi connectivity index (χ0v) is 15.8. The van der Waals surface area contributed by atoms with Crippen molar-refractivity contribution in [1.29, 1.82) is 0 Å². The molecule has 1 heterocycles. The first kappa shape index (κ1) is 18.5. The van der Waals surface area contributed by atoms with Crippen molar-refractivity contribution in [2.24, 2.45) is 10.7 Å². The van der Waals surface area contributed by atoms with Gasteiger partial charge in [0, 0.05) is 24.3 Å². The van der Waals surface area contributed by atoms with Crippen LogP contribution in [0.25, 0.3) is 0 Å². The van der Waals surface area contributed by atoms with Crippen LogP contribution in [0.2, 0.25) is 0 Å². The van der Waals surface area contributed by atoms with Crippen molar-refractivity contribution in [3.8, 4) is 0 Å². The summed E-state index contributed by atoms with van der Waals surface area (Å²) in [5.41, 5.74) is 11.1. The Hall–Kier alpha value is -2.33. The Morgan fingerprint density at radius 2 is 1.81 bits per heavy atom. The lowest BCUT2D eigenvalue weighted by molar-refractivity contribution is 0.0529. The molecular formula is C22H29N3O. The second-order valence-electron chi connectivity index (χ2n) is 7.08. The third-order valence-corrected chi connectivity index (χ3v) is 5.35. The Balaban J connectivity index is 1.76. The van der Waals surface area contributed by atoms with Crippen LogP contribution in [0.3, 0.4) is 0 Å². The monoisotopic (exact) mass is 351 g/mol. The molecule has 4 nitrogen and oxygen atoms in total. The summed E-state index contributed by atoms with van der Waals surface area (Å²) >= 11 is 0. The summed E-state index contributed by atoms with van der Waals surface area (Å²) in [6, 6.07) is 16.9. The highest BCUT2D eigenvalue weighted by Crippen LogP contribution is 2.37. The molecule has 0 amide bonds. The van der Waals surface area contributed by atoms with Gasteiger partial charge in [-0.1, -0.05) is 43.3 Å². The van der Waals surface area contributed by atoms with Crippen LogP contribution >= 0.6 is 0 Å².